The Morgan fingerprint density at radius 1 is 1.10 bits per heavy atom. The highest BCUT2D eigenvalue weighted by Crippen LogP contribution is 2.57. The molecule has 0 saturated carbocycles. The minimum atomic E-state index is -1.10. The van der Waals surface area contributed by atoms with Crippen LogP contribution in [-0.4, -0.2) is 54.9 Å². The van der Waals surface area contributed by atoms with Crippen molar-refractivity contribution in [3.63, 3.8) is 0 Å². The lowest BCUT2D eigenvalue weighted by molar-refractivity contribution is -0.124. The smallest absolute Gasteiger partial charge is 0.269 e. The molecule has 2 saturated heterocycles. The summed E-state index contributed by atoms with van der Waals surface area (Å²) in [5, 5.41) is 0.258. The summed E-state index contributed by atoms with van der Waals surface area (Å²) in [5.41, 5.74) is 2.40. The van der Waals surface area contributed by atoms with Crippen LogP contribution in [0.2, 0.25) is 5.02 Å². The van der Waals surface area contributed by atoms with Crippen molar-refractivity contribution in [3.8, 4) is 0 Å². The second-order valence-corrected chi connectivity index (χ2v) is 9.65. The molecule has 8 heteroatoms. The molecular formula is C22H22ClN3O3S. The molecule has 0 bridgehead atoms. The predicted octanol–water partition coefficient (Wildman–Crippen LogP) is 3.30. The monoisotopic (exact) mass is 443 g/mol. The summed E-state index contributed by atoms with van der Waals surface area (Å²) in [6, 6.07) is 14.9. The van der Waals surface area contributed by atoms with E-state index < -0.39 is 4.87 Å². The molecule has 5 rings (SSSR count). The van der Waals surface area contributed by atoms with Gasteiger partial charge in [-0.2, -0.15) is 0 Å². The summed E-state index contributed by atoms with van der Waals surface area (Å²) in [6.45, 7) is 5.24. The van der Waals surface area contributed by atoms with Gasteiger partial charge in [0, 0.05) is 29.4 Å². The molecule has 6 nitrogen and oxygen atoms in total. The summed E-state index contributed by atoms with van der Waals surface area (Å²) in [6.07, 6.45) is 0. The number of carbonyl (C=O) groups is 2. The lowest BCUT2D eigenvalue weighted by Crippen LogP contribution is -2.52. The van der Waals surface area contributed by atoms with E-state index in [0.29, 0.717) is 30.6 Å². The Labute approximate surface area is 184 Å². The molecule has 0 aromatic heterocycles. The largest absolute Gasteiger partial charge is 0.379 e. The van der Waals surface area contributed by atoms with Gasteiger partial charge in [0.15, 0.2) is 0 Å². The van der Waals surface area contributed by atoms with Crippen LogP contribution < -0.4 is 9.80 Å². The van der Waals surface area contributed by atoms with Crippen molar-refractivity contribution in [1.29, 1.82) is 0 Å². The number of hydrogen-bond donors (Lipinski definition) is 0. The van der Waals surface area contributed by atoms with E-state index in [1.54, 1.807) is 29.2 Å². The molecule has 30 heavy (non-hydrogen) atoms. The highest BCUT2D eigenvalue weighted by Gasteiger charge is 2.63. The topological polar surface area (TPSA) is 53.1 Å². The molecule has 1 spiro atoms. The van der Waals surface area contributed by atoms with Crippen molar-refractivity contribution in [2.75, 3.05) is 42.8 Å². The van der Waals surface area contributed by atoms with Crippen LogP contribution in [0.5, 0.6) is 0 Å². The maximum Gasteiger partial charge on any atom is 0.269 e. The highest BCUT2D eigenvalue weighted by atomic mass is 35.5. The molecule has 0 N–H and O–H groups in total. The lowest BCUT2D eigenvalue weighted by Gasteiger charge is -2.35. The van der Waals surface area contributed by atoms with Crippen LogP contribution in [0.15, 0.2) is 48.5 Å². The van der Waals surface area contributed by atoms with E-state index in [1.807, 2.05) is 36.1 Å². The van der Waals surface area contributed by atoms with Crippen LogP contribution in [0, 0.1) is 0 Å². The second kappa shape index (κ2) is 7.57. The molecule has 0 radical (unpaired) electrons. The van der Waals surface area contributed by atoms with Gasteiger partial charge in [-0.05, 0) is 37.3 Å². The Balaban J connectivity index is 1.61. The summed E-state index contributed by atoms with van der Waals surface area (Å²) in [4.78, 5) is 31.9. The summed E-state index contributed by atoms with van der Waals surface area (Å²) >= 11 is 7.49. The van der Waals surface area contributed by atoms with Crippen LogP contribution >= 0.6 is 23.4 Å². The molecule has 0 aliphatic carbocycles. The molecule has 3 aliphatic heterocycles. The van der Waals surface area contributed by atoms with Crippen LogP contribution in [0.3, 0.4) is 0 Å². The van der Waals surface area contributed by atoms with Gasteiger partial charge in [0.2, 0.25) is 10.8 Å². The van der Waals surface area contributed by atoms with E-state index in [4.69, 9.17) is 16.3 Å². The van der Waals surface area contributed by atoms with Crippen molar-refractivity contribution in [1.82, 2.24) is 4.90 Å². The third-order valence-corrected chi connectivity index (χ3v) is 7.58. The zero-order valence-corrected chi connectivity index (χ0v) is 18.2. The van der Waals surface area contributed by atoms with E-state index in [9.17, 15) is 9.59 Å². The zero-order chi connectivity index (χ0) is 20.9. The number of fused-ring (bicyclic) bond motifs is 2. The molecule has 2 aromatic rings. The number of ether oxygens (including phenoxy) is 1. The number of thioether (sulfide) groups is 1. The molecule has 2 fully saturated rings. The van der Waals surface area contributed by atoms with Crippen LogP contribution in [0.4, 0.5) is 11.4 Å². The normalized spacial score (nSPS) is 26.7. The van der Waals surface area contributed by atoms with Crippen LogP contribution in [-0.2, 0) is 19.2 Å². The minimum absolute atomic E-state index is 0.0706. The Hall–Kier alpha value is -2.06. The quantitative estimate of drug-likeness (QED) is 0.728. The molecule has 3 aliphatic rings. The SMILES string of the molecule is C[C@@H]1S[C@@]2(C(=O)N(CN3CCOCC3)c3ccccc32)N(c2ccc(Cl)cc2)C1=O. The summed E-state index contributed by atoms with van der Waals surface area (Å²) in [5.74, 6) is -0.147. The Kier molecular flexibility index (Phi) is 5.01. The first kappa shape index (κ1) is 19.9. The molecule has 156 valence electrons. The number of nitrogens with zero attached hydrogens (tertiary/aromatic N) is 3. The van der Waals surface area contributed by atoms with Crippen molar-refractivity contribution >= 4 is 46.6 Å². The fourth-order valence-corrected chi connectivity index (χ4v) is 6.07. The molecule has 2 amide bonds. The molecule has 2 aromatic carbocycles. The van der Waals surface area contributed by atoms with E-state index in [0.717, 1.165) is 24.3 Å². The molecular weight excluding hydrogens is 422 g/mol. The standard InChI is InChI=1S/C22H22ClN3O3S/c1-15-20(27)26(17-8-6-16(23)7-9-17)22(30-15)18-4-2-3-5-19(18)25(21(22)28)14-24-10-12-29-13-11-24/h2-9,15H,10-14H2,1H3/t15-,22-/m0/s1. The Morgan fingerprint density at radius 3 is 2.53 bits per heavy atom. The first-order valence-corrected chi connectivity index (χ1v) is 11.3. The zero-order valence-electron chi connectivity index (χ0n) is 16.6. The number of anilines is 2. The average molecular weight is 444 g/mol. The number of rotatable bonds is 3. The average Bonchev–Trinajstić information content (AvgIpc) is 3.16. The van der Waals surface area contributed by atoms with E-state index in [1.165, 1.54) is 11.8 Å². The van der Waals surface area contributed by atoms with E-state index in [-0.39, 0.29) is 17.1 Å². The number of morpholine rings is 1. The van der Waals surface area contributed by atoms with Gasteiger partial charge in [0.25, 0.3) is 5.91 Å². The van der Waals surface area contributed by atoms with Crippen molar-refractivity contribution < 1.29 is 14.3 Å². The molecule has 2 atom stereocenters. The van der Waals surface area contributed by atoms with Gasteiger partial charge < -0.3 is 4.74 Å². The van der Waals surface area contributed by atoms with Gasteiger partial charge in [-0.3, -0.25) is 24.3 Å². The van der Waals surface area contributed by atoms with Gasteiger partial charge in [-0.1, -0.05) is 29.8 Å². The maximum absolute atomic E-state index is 14.0. The molecule has 3 heterocycles. The summed E-state index contributed by atoms with van der Waals surface area (Å²) < 4.78 is 5.45. The van der Waals surface area contributed by atoms with E-state index in [2.05, 4.69) is 4.90 Å². The van der Waals surface area contributed by atoms with Gasteiger partial charge in [-0.15, -0.1) is 11.8 Å². The number of amides is 2. The Morgan fingerprint density at radius 2 is 1.80 bits per heavy atom. The number of halogens is 1. The van der Waals surface area contributed by atoms with Gasteiger partial charge in [0.05, 0.1) is 30.8 Å². The van der Waals surface area contributed by atoms with Crippen LogP contribution in [0.25, 0.3) is 0 Å². The third-order valence-electron chi connectivity index (χ3n) is 5.86. The maximum atomic E-state index is 14.0. The fraction of sp³-hybridized carbons (Fsp3) is 0.364. The summed E-state index contributed by atoms with van der Waals surface area (Å²) in [7, 11) is 0. The second-order valence-electron chi connectivity index (χ2n) is 7.68. The minimum Gasteiger partial charge on any atom is -0.379 e. The van der Waals surface area contributed by atoms with Crippen molar-refractivity contribution in [2.24, 2.45) is 0 Å². The van der Waals surface area contributed by atoms with Gasteiger partial charge >= 0.3 is 0 Å². The van der Waals surface area contributed by atoms with Crippen LogP contribution in [0.1, 0.15) is 12.5 Å². The number of hydrogen-bond acceptors (Lipinski definition) is 5. The lowest BCUT2D eigenvalue weighted by atomic mass is 10.0. The molecule has 0 unspecified atom stereocenters. The number of benzene rings is 2. The Bertz CT molecular complexity index is 995. The first-order chi connectivity index (χ1) is 14.5. The van der Waals surface area contributed by atoms with Crippen molar-refractivity contribution in [3.05, 3.63) is 59.1 Å². The predicted molar refractivity (Wildman–Crippen MR) is 119 cm³/mol. The van der Waals surface area contributed by atoms with Gasteiger partial charge in [-0.25, -0.2) is 0 Å². The first-order valence-electron chi connectivity index (χ1n) is 10.0. The van der Waals surface area contributed by atoms with Crippen molar-refractivity contribution in [2.45, 2.75) is 17.0 Å². The van der Waals surface area contributed by atoms with E-state index >= 15 is 0 Å². The number of para-hydroxylation sites is 1. The number of carbonyl (C=O) groups excluding carboxylic acids is 2. The third kappa shape index (κ3) is 2.95. The van der Waals surface area contributed by atoms with Gasteiger partial charge in [0.1, 0.15) is 0 Å². The fourth-order valence-electron chi connectivity index (χ4n) is 4.41. The highest BCUT2D eigenvalue weighted by molar-refractivity contribution is 8.03.